The molecule has 1 heterocycles. The quantitative estimate of drug-likeness (QED) is 0.476. The number of halogens is 1. The van der Waals surface area contributed by atoms with E-state index in [0.717, 1.165) is 32.1 Å². The Hall–Kier alpha value is -3.94. The highest BCUT2D eigenvalue weighted by atomic mass is 19.1. The summed E-state index contributed by atoms with van der Waals surface area (Å²) in [6.45, 7) is 0. The molecular formula is C28H30FN3O4. The van der Waals surface area contributed by atoms with E-state index in [1.165, 1.54) is 43.5 Å². The van der Waals surface area contributed by atoms with Gasteiger partial charge in [-0.2, -0.15) is 0 Å². The largest absolute Gasteiger partial charge is 0.497 e. The van der Waals surface area contributed by atoms with Gasteiger partial charge in [0.2, 0.25) is 5.91 Å². The van der Waals surface area contributed by atoms with Crippen LogP contribution in [0, 0.1) is 5.82 Å². The van der Waals surface area contributed by atoms with Crippen LogP contribution in [0.3, 0.4) is 0 Å². The molecule has 4 rings (SSSR count). The van der Waals surface area contributed by atoms with Crippen molar-refractivity contribution in [2.24, 2.45) is 0 Å². The Balaban J connectivity index is 1.87. The summed E-state index contributed by atoms with van der Waals surface area (Å²) >= 11 is 0. The average molecular weight is 492 g/mol. The number of carbonyl (C=O) groups is 2. The summed E-state index contributed by atoms with van der Waals surface area (Å²) in [5, 5.41) is 3.13. The molecule has 8 heteroatoms. The number of benzene rings is 2. The van der Waals surface area contributed by atoms with Crippen LogP contribution in [0.5, 0.6) is 11.5 Å². The first-order valence-corrected chi connectivity index (χ1v) is 12.0. The molecule has 0 radical (unpaired) electrons. The number of carbonyl (C=O) groups excluding carboxylic acids is 2. The van der Waals surface area contributed by atoms with Crippen LogP contribution in [0.25, 0.3) is 0 Å². The van der Waals surface area contributed by atoms with Gasteiger partial charge in [0.25, 0.3) is 5.91 Å². The molecule has 188 valence electrons. The van der Waals surface area contributed by atoms with Crippen molar-refractivity contribution in [3.05, 3.63) is 83.9 Å². The number of nitrogens with zero attached hydrogens (tertiary/aromatic N) is 2. The molecule has 1 aliphatic rings. The molecule has 0 bridgehead atoms. The Labute approximate surface area is 210 Å². The van der Waals surface area contributed by atoms with Crippen LogP contribution in [0.1, 0.15) is 54.2 Å². The third-order valence-electron chi connectivity index (χ3n) is 6.38. The van der Waals surface area contributed by atoms with Gasteiger partial charge < -0.3 is 14.8 Å². The fourth-order valence-electron chi connectivity index (χ4n) is 4.59. The lowest BCUT2D eigenvalue weighted by Gasteiger charge is -2.34. The Morgan fingerprint density at radius 2 is 1.81 bits per heavy atom. The van der Waals surface area contributed by atoms with Gasteiger partial charge in [0.05, 0.1) is 14.2 Å². The van der Waals surface area contributed by atoms with Gasteiger partial charge in [0.15, 0.2) is 0 Å². The van der Waals surface area contributed by atoms with Gasteiger partial charge >= 0.3 is 0 Å². The van der Waals surface area contributed by atoms with E-state index in [2.05, 4.69) is 10.3 Å². The summed E-state index contributed by atoms with van der Waals surface area (Å²) in [4.78, 5) is 33.3. The molecule has 1 aliphatic carbocycles. The van der Waals surface area contributed by atoms with Crippen molar-refractivity contribution in [2.45, 2.75) is 44.2 Å². The second-order valence-electron chi connectivity index (χ2n) is 8.72. The number of aromatic nitrogens is 1. The summed E-state index contributed by atoms with van der Waals surface area (Å²) < 4.78 is 25.3. The number of rotatable bonds is 8. The molecule has 7 nitrogen and oxygen atoms in total. The molecule has 0 saturated heterocycles. The first kappa shape index (κ1) is 25.2. The number of pyridine rings is 1. The zero-order chi connectivity index (χ0) is 25.5. The Kier molecular flexibility index (Phi) is 8.15. The van der Waals surface area contributed by atoms with E-state index in [0.29, 0.717) is 17.1 Å². The molecule has 36 heavy (non-hydrogen) atoms. The van der Waals surface area contributed by atoms with Crippen LogP contribution in [-0.2, 0) is 4.79 Å². The van der Waals surface area contributed by atoms with Crippen LogP contribution >= 0.6 is 0 Å². The van der Waals surface area contributed by atoms with Gasteiger partial charge in [-0.1, -0.05) is 31.4 Å². The van der Waals surface area contributed by atoms with E-state index in [1.807, 2.05) is 0 Å². The van der Waals surface area contributed by atoms with E-state index in [1.54, 1.807) is 42.5 Å². The molecule has 0 spiro atoms. The molecule has 3 aromatic rings. The highest BCUT2D eigenvalue weighted by Crippen LogP contribution is 2.37. The number of methoxy groups -OCH3 is 2. The van der Waals surface area contributed by atoms with E-state index < -0.39 is 17.8 Å². The maximum absolute atomic E-state index is 14.4. The summed E-state index contributed by atoms with van der Waals surface area (Å²) in [6.07, 6.45) is 6.43. The van der Waals surface area contributed by atoms with Gasteiger partial charge in [-0.15, -0.1) is 0 Å². The van der Waals surface area contributed by atoms with E-state index in [-0.39, 0.29) is 23.3 Å². The fraction of sp³-hybridized carbons (Fsp3) is 0.321. The standard InChI is InChI=1S/C28H30FN3O4/c1-35-22-14-15-23(25(18-22)36-2)26(27(33)31-20-10-4-3-5-11-20)32(21-12-8-9-19(29)17-21)28(34)24-13-6-7-16-30-24/h6-9,12-18,20,26H,3-5,10-11H2,1-2H3,(H,31,33)/t26-/m1/s1. The van der Waals surface area contributed by atoms with Crippen LogP contribution in [-0.4, -0.2) is 37.1 Å². The Morgan fingerprint density at radius 1 is 1.00 bits per heavy atom. The number of anilines is 1. The van der Waals surface area contributed by atoms with Crippen molar-refractivity contribution in [3.63, 3.8) is 0 Å². The summed E-state index contributed by atoms with van der Waals surface area (Å²) in [5.41, 5.74) is 0.803. The molecule has 1 saturated carbocycles. The van der Waals surface area contributed by atoms with E-state index >= 15 is 0 Å². The van der Waals surface area contributed by atoms with Crippen LogP contribution in [0.15, 0.2) is 66.9 Å². The Bertz CT molecular complexity index is 1200. The average Bonchev–Trinajstić information content (AvgIpc) is 2.92. The van der Waals surface area contributed by atoms with Crippen molar-refractivity contribution in [2.75, 3.05) is 19.1 Å². The monoisotopic (exact) mass is 491 g/mol. The molecule has 1 atom stereocenters. The smallest absolute Gasteiger partial charge is 0.277 e. The van der Waals surface area contributed by atoms with Gasteiger partial charge in [0, 0.05) is 29.6 Å². The molecule has 0 unspecified atom stereocenters. The highest BCUT2D eigenvalue weighted by molar-refractivity contribution is 6.09. The van der Waals surface area contributed by atoms with Crippen molar-refractivity contribution in [1.29, 1.82) is 0 Å². The predicted molar refractivity (Wildman–Crippen MR) is 135 cm³/mol. The van der Waals surface area contributed by atoms with Crippen molar-refractivity contribution < 1.29 is 23.5 Å². The third-order valence-corrected chi connectivity index (χ3v) is 6.38. The Morgan fingerprint density at radius 3 is 2.47 bits per heavy atom. The van der Waals surface area contributed by atoms with Crippen LogP contribution in [0.4, 0.5) is 10.1 Å². The summed E-state index contributed by atoms with van der Waals surface area (Å²) in [5.74, 6) is -0.537. The number of nitrogens with one attached hydrogen (secondary N) is 1. The molecule has 1 N–H and O–H groups in total. The normalized spacial score (nSPS) is 14.5. The maximum Gasteiger partial charge on any atom is 0.277 e. The van der Waals surface area contributed by atoms with Gasteiger partial charge in [-0.3, -0.25) is 19.5 Å². The molecule has 1 fully saturated rings. The van der Waals surface area contributed by atoms with Gasteiger partial charge in [0.1, 0.15) is 29.1 Å². The summed E-state index contributed by atoms with van der Waals surface area (Å²) in [6, 6.07) is 14.5. The first-order valence-electron chi connectivity index (χ1n) is 12.0. The first-order chi connectivity index (χ1) is 17.5. The molecule has 0 aliphatic heterocycles. The highest BCUT2D eigenvalue weighted by Gasteiger charge is 2.37. The SMILES string of the molecule is COc1ccc([C@H](C(=O)NC2CCCCC2)N(C(=O)c2ccccn2)c2cccc(F)c2)c(OC)c1. The lowest BCUT2D eigenvalue weighted by atomic mass is 9.94. The van der Waals surface area contributed by atoms with Crippen molar-refractivity contribution in [1.82, 2.24) is 10.3 Å². The van der Waals surface area contributed by atoms with Gasteiger partial charge in [-0.25, -0.2) is 4.39 Å². The zero-order valence-electron chi connectivity index (χ0n) is 20.4. The molecule has 2 amide bonds. The molecule has 2 aromatic carbocycles. The van der Waals surface area contributed by atoms with Crippen LogP contribution < -0.4 is 19.7 Å². The van der Waals surface area contributed by atoms with E-state index in [4.69, 9.17) is 9.47 Å². The maximum atomic E-state index is 14.4. The van der Waals surface area contributed by atoms with E-state index in [9.17, 15) is 14.0 Å². The summed E-state index contributed by atoms with van der Waals surface area (Å²) in [7, 11) is 3.02. The minimum atomic E-state index is -1.15. The predicted octanol–water partition coefficient (Wildman–Crippen LogP) is 5.07. The van der Waals surface area contributed by atoms with Gasteiger partial charge in [-0.05, 0) is 55.3 Å². The van der Waals surface area contributed by atoms with Crippen LogP contribution in [0.2, 0.25) is 0 Å². The second kappa shape index (κ2) is 11.7. The fourth-order valence-corrected chi connectivity index (χ4v) is 4.59. The lowest BCUT2D eigenvalue weighted by molar-refractivity contribution is -0.123. The minimum absolute atomic E-state index is 0.00250. The minimum Gasteiger partial charge on any atom is -0.497 e. The van der Waals surface area contributed by atoms with Crippen molar-refractivity contribution in [3.8, 4) is 11.5 Å². The lowest BCUT2D eigenvalue weighted by Crippen LogP contribution is -2.47. The molecule has 1 aromatic heterocycles. The number of ether oxygens (including phenoxy) is 2. The van der Waals surface area contributed by atoms with Crippen molar-refractivity contribution >= 4 is 17.5 Å². The molecular weight excluding hydrogens is 461 g/mol. The topological polar surface area (TPSA) is 80.8 Å². The third kappa shape index (κ3) is 5.64. The number of hydrogen-bond acceptors (Lipinski definition) is 5. The zero-order valence-corrected chi connectivity index (χ0v) is 20.4. The second-order valence-corrected chi connectivity index (χ2v) is 8.72. The number of amides is 2. The number of hydrogen-bond donors (Lipinski definition) is 1.